The number of hydrogen-bond acceptors (Lipinski definition) is 2. The minimum atomic E-state index is 0.748. The van der Waals surface area contributed by atoms with Gasteiger partial charge in [0, 0.05) is 31.7 Å². The van der Waals surface area contributed by atoms with Crippen LogP contribution in [0.2, 0.25) is 0 Å². The average Bonchev–Trinajstić information content (AvgIpc) is 2.98. The van der Waals surface area contributed by atoms with Gasteiger partial charge in [-0.25, -0.2) is 0 Å². The summed E-state index contributed by atoms with van der Waals surface area (Å²) in [7, 11) is 0. The third-order valence-corrected chi connectivity index (χ3v) is 5.68. The molecule has 2 heteroatoms. The van der Waals surface area contributed by atoms with Gasteiger partial charge in [0.05, 0.1) is 0 Å². The summed E-state index contributed by atoms with van der Waals surface area (Å²) in [6, 6.07) is 1.57. The first-order chi connectivity index (χ1) is 8.83. The van der Waals surface area contributed by atoms with Crippen molar-refractivity contribution < 1.29 is 0 Å². The molecule has 0 spiro atoms. The van der Waals surface area contributed by atoms with Crippen molar-refractivity contribution in [3.63, 3.8) is 0 Å². The molecule has 0 radical (unpaired) electrons. The van der Waals surface area contributed by atoms with Gasteiger partial charge in [-0.2, -0.15) is 0 Å². The number of fused-ring (bicyclic) bond motifs is 1. The van der Waals surface area contributed by atoms with Crippen molar-refractivity contribution in [3.8, 4) is 0 Å². The Morgan fingerprint density at radius 1 is 0.944 bits per heavy atom. The molecule has 2 aliphatic carbocycles. The largest absolute Gasteiger partial charge is 0.312 e. The van der Waals surface area contributed by atoms with Crippen molar-refractivity contribution >= 4 is 0 Å². The van der Waals surface area contributed by atoms with Crippen LogP contribution in [0.4, 0.5) is 0 Å². The molecule has 1 N–H and O–H groups in total. The quantitative estimate of drug-likeness (QED) is 0.825. The van der Waals surface area contributed by atoms with E-state index < -0.39 is 0 Å². The summed E-state index contributed by atoms with van der Waals surface area (Å²) in [6.07, 6.45) is 11.7. The molecule has 0 bridgehead atoms. The van der Waals surface area contributed by atoms with E-state index in [1.165, 1.54) is 71.0 Å². The van der Waals surface area contributed by atoms with Crippen molar-refractivity contribution in [2.24, 2.45) is 11.8 Å². The minimum absolute atomic E-state index is 0.748. The summed E-state index contributed by atoms with van der Waals surface area (Å²) >= 11 is 0. The van der Waals surface area contributed by atoms with Crippen molar-refractivity contribution in [2.75, 3.05) is 19.6 Å². The molecule has 1 heterocycles. The van der Waals surface area contributed by atoms with Crippen LogP contribution in [0.15, 0.2) is 0 Å². The van der Waals surface area contributed by atoms with E-state index in [-0.39, 0.29) is 0 Å². The van der Waals surface area contributed by atoms with Crippen molar-refractivity contribution in [1.82, 2.24) is 10.2 Å². The van der Waals surface area contributed by atoms with Crippen LogP contribution >= 0.6 is 0 Å². The van der Waals surface area contributed by atoms with Crippen LogP contribution in [0.5, 0.6) is 0 Å². The second-order valence-corrected chi connectivity index (χ2v) is 7.00. The predicted octanol–water partition coefficient (Wildman–Crippen LogP) is 3.03. The molecule has 0 aromatic heterocycles. The zero-order chi connectivity index (χ0) is 12.4. The Bertz CT molecular complexity index is 248. The van der Waals surface area contributed by atoms with Crippen LogP contribution < -0.4 is 5.32 Å². The second-order valence-electron chi connectivity index (χ2n) is 7.00. The van der Waals surface area contributed by atoms with Gasteiger partial charge in [-0.15, -0.1) is 0 Å². The molecule has 3 atom stereocenters. The highest BCUT2D eigenvalue weighted by atomic mass is 15.2. The Balaban J connectivity index is 1.40. The van der Waals surface area contributed by atoms with Gasteiger partial charge >= 0.3 is 0 Å². The smallest absolute Gasteiger partial charge is 0.0192 e. The fourth-order valence-corrected chi connectivity index (χ4v) is 4.40. The summed E-state index contributed by atoms with van der Waals surface area (Å²) in [6.45, 7) is 6.41. The molecule has 18 heavy (non-hydrogen) atoms. The van der Waals surface area contributed by atoms with Crippen LogP contribution in [0.3, 0.4) is 0 Å². The lowest BCUT2D eigenvalue weighted by Gasteiger charge is -2.29. The molecular formula is C16H30N2. The van der Waals surface area contributed by atoms with Gasteiger partial charge < -0.3 is 5.32 Å². The Kier molecular flexibility index (Phi) is 4.25. The minimum Gasteiger partial charge on any atom is -0.312 e. The van der Waals surface area contributed by atoms with Crippen molar-refractivity contribution in [3.05, 3.63) is 0 Å². The van der Waals surface area contributed by atoms with Gasteiger partial charge in [-0.05, 0) is 44.4 Å². The molecule has 3 unspecified atom stereocenters. The molecule has 0 amide bonds. The zero-order valence-electron chi connectivity index (χ0n) is 12.0. The van der Waals surface area contributed by atoms with E-state index >= 15 is 0 Å². The summed E-state index contributed by atoms with van der Waals surface area (Å²) < 4.78 is 0. The first kappa shape index (κ1) is 12.9. The van der Waals surface area contributed by atoms with Crippen molar-refractivity contribution in [2.45, 2.75) is 70.4 Å². The van der Waals surface area contributed by atoms with Crippen LogP contribution in [-0.2, 0) is 0 Å². The highest BCUT2D eigenvalue weighted by Crippen LogP contribution is 2.38. The molecule has 2 nitrogen and oxygen atoms in total. The predicted molar refractivity (Wildman–Crippen MR) is 76.7 cm³/mol. The molecule has 3 aliphatic rings. The Labute approximate surface area is 113 Å². The third kappa shape index (κ3) is 2.91. The molecule has 2 saturated carbocycles. The van der Waals surface area contributed by atoms with Gasteiger partial charge in [-0.3, -0.25) is 4.90 Å². The van der Waals surface area contributed by atoms with Gasteiger partial charge in [0.1, 0.15) is 0 Å². The second kappa shape index (κ2) is 5.92. The Morgan fingerprint density at radius 2 is 1.61 bits per heavy atom. The molecule has 3 rings (SSSR count). The standard InChI is InChI=1S/C16H30N2/c1-13(10-17-16-8-3-2-4-9-16)18-11-14-6-5-7-15(14)12-18/h13-17H,2-12H2,1H3. The lowest BCUT2D eigenvalue weighted by atomic mass is 9.95. The molecule has 0 aromatic rings. The van der Waals surface area contributed by atoms with Gasteiger partial charge in [0.25, 0.3) is 0 Å². The van der Waals surface area contributed by atoms with E-state index in [0.29, 0.717) is 0 Å². The van der Waals surface area contributed by atoms with E-state index in [0.717, 1.165) is 23.9 Å². The van der Waals surface area contributed by atoms with Crippen LogP contribution in [-0.4, -0.2) is 36.6 Å². The highest BCUT2D eigenvalue weighted by Gasteiger charge is 2.37. The maximum atomic E-state index is 3.82. The lowest BCUT2D eigenvalue weighted by Crippen LogP contribution is -2.43. The topological polar surface area (TPSA) is 15.3 Å². The highest BCUT2D eigenvalue weighted by molar-refractivity contribution is 4.91. The Hall–Kier alpha value is -0.0800. The molecule has 1 saturated heterocycles. The van der Waals surface area contributed by atoms with E-state index in [2.05, 4.69) is 17.1 Å². The maximum Gasteiger partial charge on any atom is 0.0192 e. The van der Waals surface area contributed by atoms with Crippen LogP contribution in [0.25, 0.3) is 0 Å². The molecule has 1 aliphatic heterocycles. The van der Waals surface area contributed by atoms with E-state index in [1.807, 2.05) is 0 Å². The first-order valence-corrected chi connectivity index (χ1v) is 8.30. The SMILES string of the molecule is CC(CNC1CCCCC1)N1CC2CCCC2C1. The number of rotatable bonds is 4. The average molecular weight is 250 g/mol. The van der Waals surface area contributed by atoms with Gasteiger partial charge in [0.2, 0.25) is 0 Å². The summed E-state index contributed by atoms with van der Waals surface area (Å²) in [5.74, 6) is 2.09. The number of likely N-dealkylation sites (tertiary alicyclic amines) is 1. The number of hydrogen-bond donors (Lipinski definition) is 1. The van der Waals surface area contributed by atoms with Crippen LogP contribution in [0.1, 0.15) is 58.3 Å². The van der Waals surface area contributed by atoms with Crippen LogP contribution in [0, 0.1) is 11.8 Å². The zero-order valence-corrected chi connectivity index (χ0v) is 12.0. The first-order valence-electron chi connectivity index (χ1n) is 8.30. The normalized spacial score (nSPS) is 35.8. The van der Waals surface area contributed by atoms with E-state index in [4.69, 9.17) is 0 Å². The lowest BCUT2D eigenvalue weighted by molar-refractivity contribution is 0.222. The fourth-order valence-electron chi connectivity index (χ4n) is 4.40. The summed E-state index contributed by atoms with van der Waals surface area (Å²) in [4.78, 5) is 2.75. The third-order valence-electron chi connectivity index (χ3n) is 5.68. The summed E-state index contributed by atoms with van der Waals surface area (Å²) in [5, 5.41) is 3.82. The summed E-state index contributed by atoms with van der Waals surface area (Å²) in [5.41, 5.74) is 0. The molecule has 3 fully saturated rings. The number of nitrogens with one attached hydrogen (secondary N) is 1. The monoisotopic (exact) mass is 250 g/mol. The molecular weight excluding hydrogens is 220 g/mol. The van der Waals surface area contributed by atoms with E-state index in [9.17, 15) is 0 Å². The molecule has 104 valence electrons. The van der Waals surface area contributed by atoms with E-state index in [1.54, 1.807) is 0 Å². The van der Waals surface area contributed by atoms with Gasteiger partial charge in [0.15, 0.2) is 0 Å². The molecule has 0 aromatic carbocycles. The fraction of sp³-hybridized carbons (Fsp3) is 1.00. The number of nitrogens with zero attached hydrogens (tertiary/aromatic N) is 1. The Morgan fingerprint density at radius 3 is 2.28 bits per heavy atom. The van der Waals surface area contributed by atoms with Crippen molar-refractivity contribution in [1.29, 1.82) is 0 Å². The van der Waals surface area contributed by atoms with Gasteiger partial charge in [-0.1, -0.05) is 25.7 Å². The maximum absolute atomic E-state index is 3.82.